The van der Waals surface area contributed by atoms with E-state index in [1.807, 2.05) is 42.5 Å². The molecule has 2 rings (SSSR count). The zero-order valence-corrected chi connectivity index (χ0v) is 13.3. The van der Waals surface area contributed by atoms with E-state index in [4.69, 9.17) is 5.11 Å². The number of hydrogen-bond acceptors (Lipinski definition) is 3. The van der Waals surface area contributed by atoms with Crippen molar-refractivity contribution >= 4 is 34.4 Å². The molecule has 0 fully saturated rings. The van der Waals surface area contributed by atoms with Gasteiger partial charge in [0.2, 0.25) is 0 Å². The van der Waals surface area contributed by atoms with Crippen molar-refractivity contribution in [1.29, 1.82) is 0 Å². The van der Waals surface area contributed by atoms with Crippen molar-refractivity contribution in [2.75, 3.05) is 13.2 Å². The molecule has 0 saturated heterocycles. The molecule has 0 aliphatic carbocycles. The standard InChI is InChI=1S/C15H15NO2SSe/c17-11-10-16-15(18)13-8-4-5-9-14(13)20-19-12-6-2-1-3-7-12/h1-9,17H,10-11H2,(H,16,18). The first-order chi connectivity index (χ1) is 9.81. The van der Waals surface area contributed by atoms with Crippen LogP contribution in [-0.4, -0.2) is 38.0 Å². The molecule has 0 aromatic heterocycles. The monoisotopic (exact) mass is 353 g/mol. The van der Waals surface area contributed by atoms with Gasteiger partial charge < -0.3 is 0 Å². The first-order valence-corrected chi connectivity index (χ1v) is 9.88. The van der Waals surface area contributed by atoms with E-state index in [9.17, 15) is 4.79 Å². The first kappa shape index (κ1) is 15.1. The summed E-state index contributed by atoms with van der Waals surface area (Å²) in [6.07, 6.45) is 0. The van der Waals surface area contributed by atoms with Gasteiger partial charge in [-0.1, -0.05) is 0 Å². The summed E-state index contributed by atoms with van der Waals surface area (Å²) in [6.45, 7) is 0.240. The molecule has 0 radical (unpaired) electrons. The molecular formula is C15H15NO2SSe. The molecule has 2 aromatic rings. The molecule has 0 spiro atoms. The third-order valence-corrected chi connectivity index (χ3v) is 6.84. The third-order valence-electron chi connectivity index (χ3n) is 2.50. The Balaban J connectivity index is 2.06. The topological polar surface area (TPSA) is 49.3 Å². The van der Waals surface area contributed by atoms with E-state index < -0.39 is 0 Å². The molecule has 0 aliphatic rings. The minimum absolute atomic E-state index is 0.0438. The molecule has 104 valence electrons. The Labute approximate surface area is 128 Å². The molecule has 0 unspecified atom stereocenters. The van der Waals surface area contributed by atoms with E-state index in [2.05, 4.69) is 17.4 Å². The summed E-state index contributed by atoms with van der Waals surface area (Å²) in [6, 6.07) is 17.8. The summed E-state index contributed by atoms with van der Waals surface area (Å²) in [7, 11) is 1.76. The van der Waals surface area contributed by atoms with E-state index in [-0.39, 0.29) is 32.9 Å². The number of aliphatic hydroxyl groups excluding tert-OH is 1. The van der Waals surface area contributed by atoms with Gasteiger partial charge >= 0.3 is 128 Å². The Bertz CT molecular complexity index is 563. The summed E-state index contributed by atoms with van der Waals surface area (Å²) in [5.41, 5.74) is 0.699. The summed E-state index contributed by atoms with van der Waals surface area (Å²) < 4.78 is 1.06. The predicted octanol–water partition coefficient (Wildman–Crippen LogP) is 1.45. The van der Waals surface area contributed by atoms with E-state index in [0.717, 1.165) is 4.46 Å². The van der Waals surface area contributed by atoms with Crippen LogP contribution in [0.25, 0.3) is 0 Å². The predicted molar refractivity (Wildman–Crippen MR) is 83.5 cm³/mol. The summed E-state index contributed by atoms with van der Waals surface area (Å²) in [5.74, 6) is -0.120. The van der Waals surface area contributed by atoms with Crippen molar-refractivity contribution in [1.82, 2.24) is 5.32 Å². The van der Waals surface area contributed by atoms with Crippen LogP contribution in [0.5, 0.6) is 0 Å². The van der Waals surface area contributed by atoms with Crippen molar-refractivity contribution in [3.63, 3.8) is 0 Å². The summed E-state index contributed by atoms with van der Waals surface area (Å²) >= 11 is 0.133. The van der Waals surface area contributed by atoms with Crippen LogP contribution in [0.1, 0.15) is 10.4 Å². The van der Waals surface area contributed by atoms with Gasteiger partial charge in [0, 0.05) is 0 Å². The molecule has 0 atom stereocenters. The Morgan fingerprint density at radius 2 is 1.80 bits per heavy atom. The molecular weight excluding hydrogens is 337 g/mol. The van der Waals surface area contributed by atoms with Crippen LogP contribution in [0.4, 0.5) is 0 Å². The van der Waals surface area contributed by atoms with Crippen molar-refractivity contribution in [3.05, 3.63) is 60.2 Å². The second-order valence-electron chi connectivity index (χ2n) is 3.96. The molecule has 3 nitrogen and oxygen atoms in total. The van der Waals surface area contributed by atoms with Crippen LogP contribution in [-0.2, 0) is 0 Å². The molecule has 20 heavy (non-hydrogen) atoms. The number of aliphatic hydroxyl groups is 1. The first-order valence-electron chi connectivity index (χ1n) is 6.19. The van der Waals surface area contributed by atoms with Gasteiger partial charge in [-0.15, -0.1) is 0 Å². The fourth-order valence-electron chi connectivity index (χ4n) is 1.56. The Hall–Kier alpha value is -1.26. The van der Waals surface area contributed by atoms with Gasteiger partial charge in [-0.25, -0.2) is 0 Å². The number of rotatable bonds is 6. The van der Waals surface area contributed by atoms with Gasteiger partial charge in [0.15, 0.2) is 0 Å². The van der Waals surface area contributed by atoms with Crippen molar-refractivity contribution in [2.24, 2.45) is 0 Å². The van der Waals surface area contributed by atoms with Gasteiger partial charge in [0.05, 0.1) is 0 Å². The molecule has 5 heteroatoms. The van der Waals surface area contributed by atoms with Crippen LogP contribution in [0.2, 0.25) is 0 Å². The van der Waals surface area contributed by atoms with Gasteiger partial charge in [0.25, 0.3) is 0 Å². The molecule has 0 heterocycles. The van der Waals surface area contributed by atoms with Gasteiger partial charge in [-0.05, 0) is 0 Å². The second kappa shape index (κ2) is 8.12. The zero-order chi connectivity index (χ0) is 14.2. The van der Waals surface area contributed by atoms with Crippen molar-refractivity contribution < 1.29 is 9.90 Å². The molecule has 1 amide bonds. The van der Waals surface area contributed by atoms with Crippen LogP contribution in [0, 0.1) is 0 Å². The van der Waals surface area contributed by atoms with Gasteiger partial charge in [-0.2, -0.15) is 0 Å². The third kappa shape index (κ3) is 4.39. The molecule has 2 N–H and O–H groups in total. The van der Waals surface area contributed by atoms with Crippen LogP contribution >= 0.6 is 10.2 Å². The quantitative estimate of drug-likeness (QED) is 0.774. The van der Waals surface area contributed by atoms with E-state index in [1.165, 1.54) is 4.90 Å². The Morgan fingerprint density at radius 3 is 2.55 bits per heavy atom. The molecule has 2 aromatic carbocycles. The average molecular weight is 352 g/mol. The Morgan fingerprint density at radius 1 is 1.10 bits per heavy atom. The number of hydrogen-bond donors (Lipinski definition) is 2. The second-order valence-corrected chi connectivity index (χ2v) is 7.78. The minimum atomic E-state index is -0.120. The number of carbonyl (C=O) groups excluding carboxylic acids is 1. The average Bonchev–Trinajstić information content (AvgIpc) is 2.52. The SMILES string of the molecule is O=C(NCCO)c1ccccc1[Se]Sc1ccccc1. The summed E-state index contributed by atoms with van der Waals surface area (Å²) in [4.78, 5) is 13.2. The number of benzene rings is 2. The number of carbonyl (C=O) groups is 1. The van der Waals surface area contributed by atoms with Crippen LogP contribution < -0.4 is 9.78 Å². The van der Waals surface area contributed by atoms with E-state index in [0.29, 0.717) is 5.56 Å². The van der Waals surface area contributed by atoms with Crippen molar-refractivity contribution in [2.45, 2.75) is 4.90 Å². The van der Waals surface area contributed by atoms with Crippen molar-refractivity contribution in [3.8, 4) is 0 Å². The van der Waals surface area contributed by atoms with Gasteiger partial charge in [0.1, 0.15) is 0 Å². The fourth-order valence-corrected chi connectivity index (χ4v) is 5.45. The number of nitrogens with one attached hydrogen (secondary N) is 1. The molecule has 0 bridgehead atoms. The maximum atomic E-state index is 12.0. The normalized spacial score (nSPS) is 10.2. The zero-order valence-electron chi connectivity index (χ0n) is 10.8. The van der Waals surface area contributed by atoms with Crippen LogP contribution in [0.15, 0.2) is 59.5 Å². The Kier molecular flexibility index (Phi) is 6.15. The van der Waals surface area contributed by atoms with E-state index >= 15 is 0 Å². The van der Waals surface area contributed by atoms with Crippen LogP contribution in [0.3, 0.4) is 0 Å². The summed E-state index contributed by atoms with van der Waals surface area (Å²) in [5, 5.41) is 11.5. The van der Waals surface area contributed by atoms with Gasteiger partial charge in [-0.3, -0.25) is 0 Å². The molecule has 0 saturated carbocycles. The fraction of sp³-hybridized carbons (Fsp3) is 0.133. The molecule has 0 aliphatic heterocycles. The maximum absolute atomic E-state index is 12.0. The van der Waals surface area contributed by atoms with E-state index in [1.54, 1.807) is 10.2 Å². The number of amides is 1.